The Kier molecular flexibility index (Phi) is 5.78. The molecule has 1 fully saturated rings. The van der Waals surface area contributed by atoms with E-state index in [1.54, 1.807) is 4.90 Å². The number of sulfone groups is 1. The van der Waals surface area contributed by atoms with Gasteiger partial charge in [0.15, 0.2) is 0 Å². The number of esters is 1. The number of methoxy groups -OCH3 is 1. The predicted octanol–water partition coefficient (Wildman–Crippen LogP) is 0.365. The van der Waals surface area contributed by atoms with Gasteiger partial charge in [-0.3, -0.25) is 9.59 Å². The van der Waals surface area contributed by atoms with Crippen LogP contribution in [0.4, 0.5) is 0 Å². The van der Waals surface area contributed by atoms with Gasteiger partial charge in [-0.15, -0.1) is 0 Å². The Hall–Kier alpha value is -1.11. The summed E-state index contributed by atoms with van der Waals surface area (Å²) in [5.74, 6) is -0.681. The van der Waals surface area contributed by atoms with Gasteiger partial charge in [-0.1, -0.05) is 0 Å². The fourth-order valence-electron chi connectivity index (χ4n) is 2.23. The standard InChI is InChI=1S/C12H21NO5S/c1-18-12(15)9-10-5-3-4-7-13(10)11(14)6-8-19(2,16)17/h10H,3-9H2,1-2H3. The molecule has 0 aromatic carbocycles. The molecule has 0 radical (unpaired) electrons. The molecule has 110 valence electrons. The van der Waals surface area contributed by atoms with Crippen molar-refractivity contribution in [1.82, 2.24) is 4.90 Å². The van der Waals surface area contributed by atoms with Gasteiger partial charge in [0, 0.05) is 25.3 Å². The van der Waals surface area contributed by atoms with E-state index in [0.29, 0.717) is 6.54 Å². The summed E-state index contributed by atoms with van der Waals surface area (Å²) < 4.78 is 26.8. The summed E-state index contributed by atoms with van der Waals surface area (Å²) in [4.78, 5) is 25.0. The molecule has 0 saturated carbocycles. The van der Waals surface area contributed by atoms with Gasteiger partial charge < -0.3 is 9.64 Å². The van der Waals surface area contributed by atoms with Crippen LogP contribution in [0, 0.1) is 0 Å². The van der Waals surface area contributed by atoms with Crippen LogP contribution in [0.15, 0.2) is 0 Å². The van der Waals surface area contributed by atoms with Crippen molar-refractivity contribution in [1.29, 1.82) is 0 Å². The second-order valence-electron chi connectivity index (χ2n) is 4.90. The first-order valence-electron chi connectivity index (χ1n) is 6.37. The summed E-state index contributed by atoms with van der Waals surface area (Å²) in [6.45, 7) is 0.588. The molecule has 1 heterocycles. The number of ether oxygens (including phenoxy) is 1. The highest BCUT2D eigenvalue weighted by Gasteiger charge is 2.28. The van der Waals surface area contributed by atoms with E-state index in [-0.39, 0.29) is 36.5 Å². The molecule has 0 N–H and O–H groups in total. The van der Waals surface area contributed by atoms with Crippen LogP contribution in [0.1, 0.15) is 32.1 Å². The third kappa shape index (κ3) is 5.59. The number of rotatable bonds is 5. The summed E-state index contributed by atoms with van der Waals surface area (Å²) in [7, 11) is -1.82. The first-order valence-corrected chi connectivity index (χ1v) is 8.43. The maximum absolute atomic E-state index is 12.0. The van der Waals surface area contributed by atoms with Crippen molar-refractivity contribution in [2.24, 2.45) is 0 Å². The maximum atomic E-state index is 12.0. The first-order chi connectivity index (χ1) is 8.83. The summed E-state index contributed by atoms with van der Waals surface area (Å²) in [6, 6.07) is -0.159. The minimum atomic E-state index is -3.14. The number of piperidine rings is 1. The van der Waals surface area contributed by atoms with Gasteiger partial charge in [0.25, 0.3) is 0 Å². The minimum absolute atomic E-state index is 0.0174. The molecule has 19 heavy (non-hydrogen) atoms. The molecule has 7 heteroatoms. The number of carbonyl (C=O) groups is 2. The lowest BCUT2D eigenvalue weighted by molar-refractivity contribution is -0.144. The fourth-order valence-corrected chi connectivity index (χ4v) is 2.78. The maximum Gasteiger partial charge on any atom is 0.307 e. The quantitative estimate of drug-likeness (QED) is 0.683. The molecule has 1 saturated heterocycles. The Labute approximate surface area is 114 Å². The van der Waals surface area contributed by atoms with Crippen molar-refractivity contribution < 1.29 is 22.7 Å². The topological polar surface area (TPSA) is 80.8 Å². The number of amides is 1. The van der Waals surface area contributed by atoms with Crippen LogP contribution in [0.5, 0.6) is 0 Å². The van der Waals surface area contributed by atoms with E-state index in [4.69, 9.17) is 0 Å². The molecule has 0 aliphatic carbocycles. The fraction of sp³-hybridized carbons (Fsp3) is 0.833. The Morgan fingerprint density at radius 1 is 1.32 bits per heavy atom. The average molecular weight is 291 g/mol. The molecule has 1 unspecified atom stereocenters. The number of nitrogens with zero attached hydrogens (tertiary/aromatic N) is 1. The van der Waals surface area contributed by atoms with Gasteiger partial charge in [0.2, 0.25) is 5.91 Å². The molecule has 0 aromatic heterocycles. The number of hydrogen-bond donors (Lipinski definition) is 0. The highest BCUT2D eigenvalue weighted by atomic mass is 32.2. The molecule has 1 amide bonds. The van der Waals surface area contributed by atoms with E-state index >= 15 is 0 Å². The van der Waals surface area contributed by atoms with Crippen LogP contribution in [0.25, 0.3) is 0 Å². The molecule has 1 aliphatic heterocycles. The summed E-state index contributed by atoms with van der Waals surface area (Å²) >= 11 is 0. The van der Waals surface area contributed by atoms with Crippen molar-refractivity contribution in [2.45, 2.75) is 38.1 Å². The van der Waals surface area contributed by atoms with Crippen molar-refractivity contribution >= 4 is 21.7 Å². The molecule has 6 nitrogen and oxygen atoms in total. The van der Waals surface area contributed by atoms with E-state index in [0.717, 1.165) is 25.5 Å². The van der Waals surface area contributed by atoms with Crippen molar-refractivity contribution in [2.75, 3.05) is 25.7 Å². The molecule has 0 aromatic rings. The Morgan fingerprint density at radius 2 is 2.00 bits per heavy atom. The van der Waals surface area contributed by atoms with Crippen LogP contribution in [-0.4, -0.2) is 56.9 Å². The lowest BCUT2D eigenvalue weighted by atomic mass is 9.99. The Morgan fingerprint density at radius 3 is 2.58 bits per heavy atom. The third-order valence-corrected chi connectivity index (χ3v) is 4.21. The van der Waals surface area contributed by atoms with Gasteiger partial charge in [-0.05, 0) is 19.3 Å². The molecule has 0 spiro atoms. The normalized spacial score (nSPS) is 20.1. The van der Waals surface area contributed by atoms with Gasteiger partial charge in [0.1, 0.15) is 9.84 Å². The summed E-state index contributed by atoms with van der Waals surface area (Å²) in [5, 5.41) is 0. The monoisotopic (exact) mass is 291 g/mol. The zero-order valence-electron chi connectivity index (χ0n) is 11.4. The van der Waals surface area contributed by atoms with Crippen LogP contribution in [-0.2, 0) is 24.2 Å². The zero-order chi connectivity index (χ0) is 14.5. The molecule has 1 aliphatic rings. The van der Waals surface area contributed by atoms with E-state index in [1.165, 1.54) is 7.11 Å². The highest BCUT2D eigenvalue weighted by molar-refractivity contribution is 7.90. The number of carbonyl (C=O) groups excluding carboxylic acids is 2. The molecule has 1 atom stereocenters. The van der Waals surface area contributed by atoms with E-state index in [2.05, 4.69) is 4.74 Å². The second kappa shape index (κ2) is 6.88. The van der Waals surface area contributed by atoms with Crippen molar-refractivity contribution in [3.63, 3.8) is 0 Å². The van der Waals surface area contributed by atoms with Crippen molar-refractivity contribution in [3.05, 3.63) is 0 Å². The Balaban J connectivity index is 2.60. The number of hydrogen-bond acceptors (Lipinski definition) is 5. The summed E-state index contributed by atoms with van der Waals surface area (Å²) in [6.07, 6.45) is 3.90. The number of likely N-dealkylation sites (tertiary alicyclic amines) is 1. The van der Waals surface area contributed by atoms with E-state index in [9.17, 15) is 18.0 Å². The summed E-state index contributed by atoms with van der Waals surface area (Å²) in [5.41, 5.74) is 0. The Bertz CT molecular complexity index is 431. The average Bonchev–Trinajstić information content (AvgIpc) is 2.35. The van der Waals surface area contributed by atoms with Crippen LogP contribution >= 0.6 is 0 Å². The van der Waals surface area contributed by atoms with Crippen LogP contribution in [0.3, 0.4) is 0 Å². The van der Waals surface area contributed by atoms with E-state index in [1.807, 2.05) is 0 Å². The largest absolute Gasteiger partial charge is 0.469 e. The van der Waals surface area contributed by atoms with Gasteiger partial charge in [-0.2, -0.15) is 0 Å². The van der Waals surface area contributed by atoms with Crippen LogP contribution in [0.2, 0.25) is 0 Å². The zero-order valence-corrected chi connectivity index (χ0v) is 12.2. The molecule has 1 rings (SSSR count). The smallest absolute Gasteiger partial charge is 0.307 e. The molecule has 0 bridgehead atoms. The lowest BCUT2D eigenvalue weighted by Gasteiger charge is -2.35. The lowest BCUT2D eigenvalue weighted by Crippen LogP contribution is -2.45. The van der Waals surface area contributed by atoms with Crippen molar-refractivity contribution in [3.8, 4) is 0 Å². The molecular formula is C12H21NO5S. The van der Waals surface area contributed by atoms with E-state index < -0.39 is 9.84 Å². The first kappa shape index (κ1) is 15.9. The predicted molar refractivity (Wildman–Crippen MR) is 70.3 cm³/mol. The van der Waals surface area contributed by atoms with Crippen LogP contribution < -0.4 is 0 Å². The van der Waals surface area contributed by atoms with Gasteiger partial charge in [-0.25, -0.2) is 8.42 Å². The highest BCUT2D eigenvalue weighted by Crippen LogP contribution is 2.21. The SMILES string of the molecule is COC(=O)CC1CCCCN1C(=O)CCS(C)(=O)=O. The third-order valence-electron chi connectivity index (χ3n) is 3.26. The molecular weight excluding hydrogens is 270 g/mol. The van der Waals surface area contributed by atoms with Gasteiger partial charge >= 0.3 is 5.97 Å². The second-order valence-corrected chi connectivity index (χ2v) is 7.16. The van der Waals surface area contributed by atoms with Gasteiger partial charge in [0.05, 0.1) is 19.3 Å². The minimum Gasteiger partial charge on any atom is -0.469 e.